The van der Waals surface area contributed by atoms with E-state index in [0.717, 1.165) is 50.5 Å². The molecule has 2 N–H and O–H groups in total. The zero-order valence-electron chi connectivity index (χ0n) is 35.9. The van der Waals surface area contributed by atoms with E-state index in [1.165, 1.54) is 52.6 Å². The molecule has 18 heteroatoms. The zero-order chi connectivity index (χ0) is 44.8. The van der Waals surface area contributed by atoms with Crippen LogP contribution in [-0.4, -0.2) is 99.6 Å². The summed E-state index contributed by atoms with van der Waals surface area (Å²) in [4.78, 5) is 85.8. The first-order chi connectivity index (χ1) is 30.2. The number of carbonyl (C=O) groups is 6. The van der Waals surface area contributed by atoms with Gasteiger partial charge in [-0.15, -0.1) is 0 Å². The van der Waals surface area contributed by atoms with Crippen molar-refractivity contribution >= 4 is 58.5 Å². The van der Waals surface area contributed by atoms with Crippen LogP contribution in [0.4, 0.5) is 11.4 Å². The second-order valence-electron chi connectivity index (χ2n) is 17.2. The molecule has 2 aliphatic carbocycles. The number of fused-ring (bicyclic) bond motifs is 2. The molecule has 2 fully saturated rings. The number of benzene rings is 2. The first kappa shape index (κ1) is 43.4. The molecule has 63 heavy (non-hydrogen) atoms. The third-order valence-electron chi connectivity index (χ3n) is 13.0. The minimum atomic E-state index is -1.49. The fourth-order valence-electron chi connectivity index (χ4n) is 9.63. The van der Waals surface area contributed by atoms with Gasteiger partial charge in [0.2, 0.25) is 11.8 Å². The molecule has 4 aromatic rings. The Morgan fingerprint density at radius 2 is 1.17 bits per heavy atom. The number of carbonyl (C=O) groups excluding carboxylic acids is 6. The van der Waals surface area contributed by atoms with E-state index in [4.69, 9.17) is 25.8 Å². The van der Waals surface area contributed by atoms with E-state index in [1.807, 2.05) is 6.07 Å². The van der Waals surface area contributed by atoms with Gasteiger partial charge in [-0.25, -0.2) is 9.59 Å². The summed E-state index contributed by atoms with van der Waals surface area (Å²) in [6.07, 6.45) is 7.41. The van der Waals surface area contributed by atoms with E-state index in [9.17, 15) is 28.8 Å². The number of rotatable bonds is 10. The molecule has 2 aromatic carbocycles. The van der Waals surface area contributed by atoms with Crippen LogP contribution in [0.5, 0.6) is 5.75 Å². The van der Waals surface area contributed by atoms with Crippen molar-refractivity contribution in [3.05, 3.63) is 88.0 Å². The van der Waals surface area contributed by atoms with E-state index < -0.39 is 40.7 Å². The van der Waals surface area contributed by atoms with Crippen LogP contribution in [0, 0.1) is 0 Å². The summed E-state index contributed by atoms with van der Waals surface area (Å²) in [5.74, 6) is -2.78. The molecule has 4 heterocycles. The van der Waals surface area contributed by atoms with E-state index in [-0.39, 0.29) is 59.8 Å². The Bertz CT molecular complexity index is 2480. The first-order valence-corrected chi connectivity index (χ1v) is 21.6. The Morgan fingerprint density at radius 3 is 1.71 bits per heavy atom. The van der Waals surface area contributed by atoms with E-state index in [0.29, 0.717) is 35.0 Å². The normalized spacial score (nSPS) is 23.7. The maximum atomic E-state index is 14.7. The van der Waals surface area contributed by atoms with Crippen LogP contribution >= 0.6 is 11.6 Å². The molecule has 4 unspecified atom stereocenters. The fraction of sp³-hybridized carbons (Fsp3) is 0.467. The molecule has 0 saturated heterocycles. The van der Waals surface area contributed by atoms with Crippen molar-refractivity contribution in [2.24, 2.45) is 0 Å². The highest BCUT2D eigenvalue weighted by molar-refractivity contribution is 6.31. The van der Waals surface area contributed by atoms with Crippen LogP contribution in [-0.2, 0) is 32.2 Å². The minimum Gasteiger partial charge on any atom is -0.497 e. The number of halogens is 1. The second kappa shape index (κ2) is 17.1. The summed E-state index contributed by atoms with van der Waals surface area (Å²) in [7, 11) is 4.00. The molecule has 332 valence electrons. The van der Waals surface area contributed by atoms with Crippen LogP contribution in [0.1, 0.15) is 125 Å². The minimum absolute atomic E-state index is 0.0159. The molecule has 4 amide bonds. The fourth-order valence-corrected chi connectivity index (χ4v) is 9.90. The quantitative estimate of drug-likeness (QED) is 0.193. The molecular weight excluding hydrogens is 832 g/mol. The van der Waals surface area contributed by atoms with Gasteiger partial charge in [-0.2, -0.15) is 10.2 Å². The Kier molecular flexibility index (Phi) is 11.8. The number of ether oxygens (including phenoxy) is 3. The number of hydrogen-bond donors (Lipinski definition) is 2. The molecule has 0 spiro atoms. The van der Waals surface area contributed by atoms with Crippen molar-refractivity contribution in [1.82, 2.24) is 30.2 Å². The summed E-state index contributed by atoms with van der Waals surface area (Å²) in [6, 6.07) is 14.5. The third kappa shape index (κ3) is 7.91. The van der Waals surface area contributed by atoms with Crippen LogP contribution in [0.15, 0.2) is 54.6 Å². The third-order valence-corrected chi connectivity index (χ3v) is 13.4. The molecule has 2 saturated carbocycles. The number of hydrogen-bond acceptors (Lipinski definition) is 11. The SMILES string of the molecule is COC(=O)c1cc2n(n1)CC(C)(C(=O)NC1CCCCC1)N(c1ccc(Cl)c(C3CCCC(NC(=O)C4(C)Cn5nc(C(=O)OC)cc5C(=O)N4c4ccc(OC)cc4)C3)c1)C2=O. The Balaban J connectivity index is 1.08. The van der Waals surface area contributed by atoms with Gasteiger partial charge in [0.25, 0.3) is 11.8 Å². The van der Waals surface area contributed by atoms with Gasteiger partial charge in [0, 0.05) is 40.6 Å². The highest BCUT2D eigenvalue weighted by atomic mass is 35.5. The number of aromatic nitrogens is 4. The van der Waals surface area contributed by atoms with Crippen LogP contribution in [0.2, 0.25) is 5.02 Å². The summed E-state index contributed by atoms with van der Waals surface area (Å²) in [6.45, 7) is 3.31. The van der Waals surface area contributed by atoms with Crippen LogP contribution in [0.3, 0.4) is 0 Å². The van der Waals surface area contributed by atoms with Crippen molar-refractivity contribution in [1.29, 1.82) is 0 Å². The predicted molar refractivity (Wildman–Crippen MR) is 230 cm³/mol. The van der Waals surface area contributed by atoms with Gasteiger partial charge >= 0.3 is 11.9 Å². The summed E-state index contributed by atoms with van der Waals surface area (Å²) < 4.78 is 17.9. The highest BCUT2D eigenvalue weighted by Crippen LogP contribution is 2.42. The van der Waals surface area contributed by atoms with Crippen molar-refractivity contribution in [2.45, 2.75) is 114 Å². The largest absolute Gasteiger partial charge is 0.497 e. The number of esters is 2. The van der Waals surface area contributed by atoms with Gasteiger partial charge in [-0.1, -0.05) is 37.3 Å². The van der Waals surface area contributed by atoms with Crippen molar-refractivity contribution < 1.29 is 43.0 Å². The standard InChI is InChI=1S/C45H51ClN8O9/c1-44(24-51-36(22-34(49-51)40(57)62-4)38(55)53(44)29-14-17-31(61-3)18-15-29)43(60)48-28-13-9-10-26(20-28)32-21-30(16-19-33(32)46)54-39(56)37-23-35(41(58)63-5)50-52(37)25-45(54,2)42(59)47-27-11-7-6-8-12-27/h14-19,21-23,26-28H,6-13,20,24-25H2,1-5H3,(H,47,59)(H,48,60). The lowest BCUT2D eigenvalue weighted by Crippen LogP contribution is -2.65. The summed E-state index contributed by atoms with van der Waals surface area (Å²) in [5.41, 5.74) is -1.11. The van der Waals surface area contributed by atoms with E-state index in [1.54, 1.807) is 50.2 Å². The van der Waals surface area contributed by atoms with Crippen LogP contribution < -0.4 is 25.2 Å². The first-order valence-electron chi connectivity index (χ1n) is 21.3. The number of anilines is 2. The monoisotopic (exact) mass is 882 g/mol. The summed E-state index contributed by atoms with van der Waals surface area (Å²) in [5, 5.41) is 15.6. The lowest BCUT2D eigenvalue weighted by molar-refractivity contribution is -0.128. The van der Waals surface area contributed by atoms with E-state index in [2.05, 4.69) is 20.8 Å². The molecule has 2 aliphatic heterocycles. The number of amides is 4. The van der Waals surface area contributed by atoms with Gasteiger partial charge in [0.15, 0.2) is 11.4 Å². The molecule has 17 nitrogen and oxygen atoms in total. The molecule has 8 rings (SSSR count). The Labute approximate surface area is 369 Å². The molecular formula is C45H51ClN8O9. The number of nitrogens with zero attached hydrogens (tertiary/aromatic N) is 6. The maximum Gasteiger partial charge on any atom is 0.358 e. The van der Waals surface area contributed by atoms with Gasteiger partial charge < -0.3 is 24.8 Å². The van der Waals surface area contributed by atoms with Crippen LogP contribution in [0.25, 0.3) is 0 Å². The molecule has 4 aliphatic rings. The van der Waals surface area contributed by atoms with Crippen molar-refractivity contribution in [2.75, 3.05) is 31.1 Å². The highest BCUT2D eigenvalue weighted by Gasteiger charge is 2.51. The number of methoxy groups -OCH3 is 3. The van der Waals surface area contributed by atoms with Crippen molar-refractivity contribution in [3.63, 3.8) is 0 Å². The average molecular weight is 883 g/mol. The average Bonchev–Trinajstić information content (AvgIpc) is 3.92. The molecule has 0 bridgehead atoms. The van der Waals surface area contributed by atoms with Crippen molar-refractivity contribution in [3.8, 4) is 5.75 Å². The number of nitrogens with one attached hydrogen (secondary N) is 2. The summed E-state index contributed by atoms with van der Waals surface area (Å²) >= 11 is 6.98. The van der Waals surface area contributed by atoms with Gasteiger partial charge in [0.05, 0.1) is 34.4 Å². The predicted octanol–water partition coefficient (Wildman–Crippen LogP) is 5.44. The lowest BCUT2D eigenvalue weighted by atomic mass is 9.80. The second-order valence-corrected chi connectivity index (χ2v) is 17.6. The zero-order valence-corrected chi connectivity index (χ0v) is 36.7. The lowest BCUT2D eigenvalue weighted by Gasteiger charge is -2.44. The topological polar surface area (TPSA) is 196 Å². The van der Waals surface area contributed by atoms with E-state index >= 15 is 0 Å². The molecule has 2 aromatic heterocycles. The smallest absolute Gasteiger partial charge is 0.358 e. The molecule has 4 atom stereocenters. The van der Waals surface area contributed by atoms with Gasteiger partial charge in [-0.3, -0.25) is 38.3 Å². The Hall–Kier alpha value is -6.23. The molecule has 0 radical (unpaired) electrons. The van der Waals surface area contributed by atoms with Gasteiger partial charge in [-0.05, 0) is 99.9 Å². The maximum absolute atomic E-state index is 14.7. The Morgan fingerprint density at radius 1 is 0.667 bits per heavy atom. The van der Waals surface area contributed by atoms with Gasteiger partial charge in [0.1, 0.15) is 28.2 Å².